The summed E-state index contributed by atoms with van der Waals surface area (Å²) >= 11 is 0. The van der Waals surface area contributed by atoms with Crippen molar-refractivity contribution < 1.29 is 13.6 Å². The zero-order valence-electron chi connectivity index (χ0n) is 12.0. The number of benzene rings is 2. The SMILES string of the molecule is CO/N=C(/c1ccc2c(cnn2C)c1)c1ccc(F)cc1F. The molecule has 0 bridgehead atoms. The average molecular weight is 301 g/mol. The van der Waals surface area contributed by atoms with Gasteiger partial charge in [0.2, 0.25) is 0 Å². The van der Waals surface area contributed by atoms with Gasteiger partial charge in [0, 0.05) is 29.6 Å². The molecule has 0 aliphatic heterocycles. The van der Waals surface area contributed by atoms with E-state index in [2.05, 4.69) is 10.3 Å². The molecule has 0 radical (unpaired) electrons. The van der Waals surface area contributed by atoms with Crippen molar-refractivity contribution in [1.82, 2.24) is 9.78 Å². The van der Waals surface area contributed by atoms with E-state index >= 15 is 0 Å². The normalized spacial score (nSPS) is 11.9. The number of hydrogen-bond acceptors (Lipinski definition) is 3. The number of rotatable bonds is 3. The second kappa shape index (κ2) is 5.55. The van der Waals surface area contributed by atoms with Crippen molar-refractivity contribution in [3.63, 3.8) is 0 Å². The summed E-state index contributed by atoms with van der Waals surface area (Å²) in [5.41, 5.74) is 2.07. The monoisotopic (exact) mass is 301 g/mol. The number of hydrogen-bond donors (Lipinski definition) is 0. The molecule has 0 saturated heterocycles. The minimum absolute atomic E-state index is 0.173. The Morgan fingerprint density at radius 3 is 2.73 bits per heavy atom. The summed E-state index contributed by atoms with van der Waals surface area (Å²) in [7, 11) is 3.22. The van der Waals surface area contributed by atoms with Crippen molar-refractivity contribution in [2.24, 2.45) is 12.2 Å². The lowest BCUT2D eigenvalue weighted by Crippen LogP contribution is -2.07. The van der Waals surface area contributed by atoms with E-state index in [9.17, 15) is 8.78 Å². The summed E-state index contributed by atoms with van der Waals surface area (Å²) in [5, 5.41) is 8.96. The Hall–Kier alpha value is -2.76. The van der Waals surface area contributed by atoms with Crippen LogP contribution in [0.15, 0.2) is 47.8 Å². The van der Waals surface area contributed by atoms with Crippen LogP contribution in [0.5, 0.6) is 0 Å². The fourth-order valence-electron chi connectivity index (χ4n) is 2.34. The second-order valence-electron chi connectivity index (χ2n) is 4.79. The lowest BCUT2D eigenvalue weighted by molar-refractivity contribution is 0.214. The summed E-state index contributed by atoms with van der Waals surface area (Å²) < 4.78 is 28.9. The van der Waals surface area contributed by atoms with Gasteiger partial charge in [0.1, 0.15) is 24.5 Å². The van der Waals surface area contributed by atoms with E-state index < -0.39 is 11.6 Å². The van der Waals surface area contributed by atoms with Crippen molar-refractivity contribution >= 4 is 16.6 Å². The molecule has 22 heavy (non-hydrogen) atoms. The lowest BCUT2D eigenvalue weighted by Gasteiger charge is -2.08. The minimum Gasteiger partial charge on any atom is -0.399 e. The zero-order valence-corrected chi connectivity index (χ0v) is 12.0. The molecule has 1 heterocycles. The van der Waals surface area contributed by atoms with Crippen LogP contribution in [0.4, 0.5) is 8.78 Å². The van der Waals surface area contributed by atoms with Gasteiger partial charge in [0.05, 0.1) is 11.7 Å². The van der Waals surface area contributed by atoms with Crippen LogP contribution in [0.1, 0.15) is 11.1 Å². The molecule has 6 heteroatoms. The molecule has 1 aromatic heterocycles. The van der Waals surface area contributed by atoms with Crippen molar-refractivity contribution in [1.29, 1.82) is 0 Å². The van der Waals surface area contributed by atoms with E-state index in [0.717, 1.165) is 17.0 Å². The number of halogens is 2. The van der Waals surface area contributed by atoms with Gasteiger partial charge < -0.3 is 4.84 Å². The molecule has 4 nitrogen and oxygen atoms in total. The van der Waals surface area contributed by atoms with Gasteiger partial charge in [-0.25, -0.2) is 8.78 Å². The molecule has 0 aliphatic carbocycles. The summed E-state index contributed by atoms with van der Waals surface area (Å²) in [6, 6.07) is 8.85. The molecular weight excluding hydrogens is 288 g/mol. The van der Waals surface area contributed by atoms with Gasteiger partial charge in [-0.05, 0) is 24.3 Å². The van der Waals surface area contributed by atoms with Crippen LogP contribution in [-0.4, -0.2) is 22.6 Å². The maximum absolute atomic E-state index is 14.0. The van der Waals surface area contributed by atoms with E-state index in [1.54, 1.807) is 16.9 Å². The quantitative estimate of drug-likeness (QED) is 0.550. The molecular formula is C16H13F2N3O. The summed E-state index contributed by atoms with van der Waals surface area (Å²) in [6.07, 6.45) is 1.71. The highest BCUT2D eigenvalue weighted by Gasteiger charge is 2.15. The third-order valence-electron chi connectivity index (χ3n) is 3.39. The molecule has 3 aromatic rings. The number of aromatic nitrogens is 2. The third kappa shape index (κ3) is 2.43. The summed E-state index contributed by atoms with van der Waals surface area (Å²) in [5.74, 6) is -1.33. The second-order valence-corrected chi connectivity index (χ2v) is 4.79. The Balaban J connectivity index is 2.15. The highest BCUT2D eigenvalue weighted by molar-refractivity contribution is 6.14. The van der Waals surface area contributed by atoms with Gasteiger partial charge in [0.25, 0.3) is 0 Å². The Kier molecular flexibility index (Phi) is 3.58. The molecule has 0 aliphatic rings. The first kappa shape index (κ1) is 14.2. The largest absolute Gasteiger partial charge is 0.399 e. The van der Waals surface area contributed by atoms with Crippen LogP contribution in [0, 0.1) is 11.6 Å². The van der Waals surface area contributed by atoms with Gasteiger partial charge in [-0.1, -0.05) is 11.2 Å². The van der Waals surface area contributed by atoms with Crippen molar-refractivity contribution in [3.05, 3.63) is 65.4 Å². The summed E-state index contributed by atoms with van der Waals surface area (Å²) in [4.78, 5) is 4.82. The van der Waals surface area contributed by atoms with E-state index in [0.29, 0.717) is 11.3 Å². The predicted octanol–water partition coefficient (Wildman–Crippen LogP) is 3.25. The number of oxime groups is 1. The number of fused-ring (bicyclic) bond motifs is 1. The smallest absolute Gasteiger partial charge is 0.135 e. The van der Waals surface area contributed by atoms with E-state index in [1.165, 1.54) is 19.2 Å². The van der Waals surface area contributed by atoms with Crippen LogP contribution in [0.25, 0.3) is 10.9 Å². The Labute approximate surface area is 125 Å². The first-order valence-corrected chi connectivity index (χ1v) is 6.59. The van der Waals surface area contributed by atoms with E-state index in [1.807, 2.05) is 19.2 Å². The van der Waals surface area contributed by atoms with Gasteiger partial charge >= 0.3 is 0 Å². The third-order valence-corrected chi connectivity index (χ3v) is 3.39. The number of nitrogens with zero attached hydrogens (tertiary/aromatic N) is 3. The maximum atomic E-state index is 14.0. The molecule has 0 fully saturated rings. The molecule has 2 aromatic carbocycles. The first-order chi connectivity index (χ1) is 10.6. The molecule has 3 rings (SSSR count). The zero-order chi connectivity index (χ0) is 15.7. The topological polar surface area (TPSA) is 39.4 Å². The van der Waals surface area contributed by atoms with Gasteiger partial charge in [0.15, 0.2) is 0 Å². The van der Waals surface area contributed by atoms with Crippen LogP contribution < -0.4 is 0 Å². The van der Waals surface area contributed by atoms with Crippen molar-refractivity contribution in [3.8, 4) is 0 Å². The van der Waals surface area contributed by atoms with E-state index in [-0.39, 0.29) is 5.56 Å². The Morgan fingerprint density at radius 2 is 2.00 bits per heavy atom. The molecule has 112 valence electrons. The van der Waals surface area contributed by atoms with Crippen LogP contribution in [0.2, 0.25) is 0 Å². The number of aryl methyl sites for hydroxylation is 1. The maximum Gasteiger partial charge on any atom is 0.135 e. The molecule has 0 N–H and O–H groups in total. The Bertz CT molecular complexity index is 871. The highest BCUT2D eigenvalue weighted by Crippen LogP contribution is 2.20. The molecule has 0 atom stereocenters. The standard InChI is InChI=1S/C16H13F2N3O/c1-21-15-6-3-10(7-11(15)9-19-21)16(20-22-2)13-5-4-12(17)8-14(13)18/h3-9H,1-2H3/b20-16-. The van der Waals surface area contributed by atoms with E-state index in [4.69, 9.17) is 4.84 Å². The summed E-state index contributed by atoms with van der Waals surface area (Å²) in [6.45, 7) is 0. The fraction of sp³-hybridized carbons (Fsp3) is 0.125. The van der Waals surface area contributed by atoms with Crippen LogP contribution in [-0.2, 0) is 11.9 Å². The highest BCUT2D eigenvalue weighted by atomic mass is 19.1. The van der Waals surface area contributed by atoms with Gasteiger partial charge in [-0.3, -0.25) is 4.68 Å². The minimum atomic E-state index is -0.693. The predicted molar refractivity (Wildman–Crippen MR) is 79.7 cm³/mol. The Morgan fingerprint density at radius 1 is 1.18 bits per heavy atom. The van der Waals surface area contributed by atoms with Crippen LogP contribution >= 0.6 is 0 Å². The molecule has 0 saturated carbocycles. The first-order valence-electron chi connectivity index (χ1n) is 6.59. The fourth-order valence-corrected chi connectivity index (χ4v) is 2.34. The molecule has 0 spiro atoms. The average Bonchev–Trinajstić information content (AvgIpc) is 2.86. The molecule has 0 amide bonds. The lowest BCUT2D eigenvalue weighted by atomic mass is 10.0. The van der Waals surface area contributed by atoms with Crippen molar-refractivity contribution in [2.45, 2.75) is 0 Å². The van der Waals surface area contributed by atoms with Gasteiger partial charge in [-0.15, -0.1) is 0 Å². The van der Waals surface area contributed by atoms with Crippen LogP contribution in [0.3, 0.4) is 0 Å². The van der Waals surface area contributed by atoms with Gasteiger partial charge in [-0.2, -0.15) is 5.10 Å². The van der Waals surface area contributed by atoms with Crippen molar-refractivity contribution in [2.75, 3.05) is 7.11 Å². The molecule has 0 unspecified atom stereocenters.